The number of fused-ring (bicyclic) bond motifs is 1. The predicted molar refractivity (Wildman–Crippen MR) is 82.2 cm³/mol. The third kappa shape index (κ3) is 2.80. The molecule has 0 aromatic heterocycles. The van der Waals surface area contributed by atoms with Crippen LogP contribution in [0.25, 0.3) is 0 Å². The van der Waals surface area contributed by atoms with Gasteiger partial charge in [0.15, 0.2) is 0 Å². The summed E-state index contributed by atoms with van der Waals surface area (Å²) in [5.41, 5.74) is 2.58. The molecule has 3 atom stereocenters. The molecule has 4 heteroatoms. The van der Waals surface area contributed by atoms with Gasteiger partial charge in [-0.15, -0.1) is 0 Å². The normalized spacial score (nSPS) is 27.9. The first-order valence-corrected chi connectivity index (χ1v) is 7.78. The number of rotatable bonds is 2. The minimum absolute atomic E-state index is 0.000602. The molecule has 1 aliphatic heterocycles. The summed E-state index contributed by atoms with van der Waals surface area (Å²) in [5, 5.41) is 6.01. The number of carbonyl (C=O) groups is 2. The minimum Gasteiger partial charge on any atom is -0.349 e. The highest BCUT2D eigenvalue weighted by Crippen LogP contribution is 2.31. The Morgan fingerprint density at radius 3 is 2.76 bits per heavy atom. The van der Waals surface area contributed by atoms with Crippen molar-refractivity contribution in [3.05, 3.63) is 29.3 Å². The maximum absolute atomic E-state index is 12.4. The summed E-state index contributed by atoms with van der Waals surface area (Å²) in [6, 6.07) is 5.82. The number of nitrogens with one attached hydrogen (secondary N) is 2. The van der Waals surface area contributed by atoms with E-state index in [2.05, 4.69) is 24.5 Å². The smallest absolute Gasteiger partial charge is 0.251 e. The lowest BCUT2D eigenvalue weighted by molar-refractivity contribution is -0.116. The van der Waals surface area contributed by atoms with E-state index in [1.165, 1.54) is 6.42 Å². The van der Waals surface area contributed by atoms with Crippen molar-refractivity contribution in [3.8, 4) is 0 Å². The van der Waals surface area contributed by atoms with Crippen LogP contribution in [0.15, 0.2) is 18.2 Å². The number of anilines is 1. The summed E-state index contributed by atoms with van der Waals surface area (Å²) < 4.78 is 0. The Labute approximate surface area is 125 Å². The van der Waals surface area contributed by atoms with E-state index in [4.69, 9.17) is 0 Å². The molecule has 3 unspecified atom stereocenters. The zero-order valence-electron chi connectivity index (χ0n) is 12.6. The van der Waals surface area contributed by atoms with E-state index in [0.717, 1.165) is 17.7 Å². The van der Waals surface area contributed by atoms with E-state index < -0.39 is 0 Å². The van der Waals surface area contributed by atoms with Crippen molar-refractivity contribution in [1.82, 2.24) is 5.32 Å². The van der Waals surface area contributed by atoms with Gasteiger partial charge in [-0.25, -0.2) is 0 Å². The van der Waals surface area contributed by atoms with E-state index in [9.17, 15) is 9.59 Å². The lowest BCUT2D eigenvalue weighted by Gasteiger charge is -2.21. The summed E-state index contributed by atoms with van der Waals surface area (Å²) in [5.74, 6) is 1.26. The van der Waals surface area contributed by atoms with Crippen LogP contribution < -0.4 is 10.6 Å². The van der Waals surface area contributed by atoms with Gasteiger partial charge in [0.1, 0.15) is 0 Å². The molecule has 2 N–H and O–H groups in total. The molecule has 0 bridgehead atoms. The van der Waals surface area contributed by atoms with Gasteiger partial charge in [-0.3, -0.25) is 9.59 Å². The first-order chi connectivity index (χ1) is 10.0. The Morgan fingerprint density at radius 1 is 1.24 bits per heavy atom. The quantitative estimate of drug-likeness (QED) is 0.878. The SMILES string of the molecule is CC1CCC(NC(=O)c2ccc3c(c2)CCC(=O)N3)C1C. The van der Waals surface area contributed by atoms with Crippen LogP contribution in [-0.2, 0) is 11.2 Å². The Morgan fingerprint density at radius 2 is 2.05 bits per heavy atom. The molecule has 2 aliphatic rings. The van der Waals surface area contributed by atoms with Crippen molar-refractivity contribution >= 4 is 17.5 Å². The molecule has 1 aromatic carbocycles. The molecule has 3 rings (SSSR count). The van der Waals surface area contributed by atoms with Crippen LogP contribution in [0.5, 0.6) is 0 Å². The van der Waals surface area contributed by atoms with Gasteiger partial charge in [-0.1, -0.05) is 13.8 Å². The fraction of sp³-hybridized carbons (Fsp3) is 0.529. The molecule has 0 radical (unpaired) electrons. The van der Waals surface area contributed by atoms with E-state index in [-0.39, 0.29) is 17.9 Å². The molecule has 1 aliphatic carbocycles. The van der Waals surface area contributed by atoms with Crippen molar-refractivity contribution in [2.75, 3.05) is 5.32 Å². The van der Waals surface area contributed by atoms with E-state index in [1.54, 1.807) is 6.07 Å². The monoisotopic (exact) mass is 286 g/mol. The van der Waals surface area contributed by atoms with Gasteiger partial charge in [0.25, 0.3) is 5.91 Å². The topological polar surface area (TPSA) is 58.2 Å². The second-order valence-corrected chi connectivity index (χ2v) is 6.41. The average molecular weight is 286 g/mol. The molecule has 4 nitrogen and oxygen atoms in total. The highest BCUT2D eigenvalue weighted by Gasteiger charge is 2.31. The number of hydrogen-bond acceptors (Lipinski definition) is 2. The van der Waals surface area contributed by atoms with Gasteiger partial charge < -0.3 is 10.6 Å². The Bertz CT molecular complexity index is 582. The minimum atomic E-state index is 0.000602. The number of carbonyl (C=O) groups excluding carboxylic acids is 2. The van der Waals surface area contributed by atoms with Crippen LogP contribution in [0.4, 0.5) is 5.69 Å². The van der Waals surface area contributed by atoms with Crippen LogP contribution in [0, 0.1) is 11.8 Å². The summed E-state index contributed by atoms with van der Waals surface area (Å²) >= 11 is 0. The second kappa shape index (κ2) is 5.51. The summed E-state index contributed by atoms with van der Waals surface area (Å²) in [6.07, 6.45) is 3.45. The summed E-state index contributed by atoms with van der Waals surface area (Å²) in [7, 11) is 0. The van der Waals surface area contributed by atoms with Crippen LogP contribution in [0.2, 0.25) is 0 Å². The third-order valence-corrected chi connectivity index (χ3v) is 5.04. The highest BCUT2D eigenvalue weighted by atomic mass is 16.2. The Kier molecular flexibility index (Phi) is 3.70. The zero-order chi connectivity index (χ0) is 15.0. The molecule has 21 heavy (non-hydrogen) atoms. The first-order valence-electron chi connectivity index (χ1n) is 7.78. The molecule has 1 aromatic rings. The first kappa shape index (κ1) is 14.1. The highest BCUT2D eigenvalue weighted by molar-refractivity contribution is 5.98. The van der Waals surface area contributed by atoms with Crippen LogP contribution in [-0.4, -0.2) is 17.9 Å². The van der Waals surface area contributed by atoms with Crippen LogP contribution in [0.3, 0.4) is 0 Å². The van der Waals surface area contributed by atoms with E-state index >= 15 is 0 Å². The number of hydrogen-bond donors (Lipinski definition) is 2. The number of amides is 2. The van der Waals surface area contributed by atoms with Gasteiger partial charge in [0, 0.05) is 23.7 Å². The third-order valence-electron chi connectivity index (χ3n) is 5.04. The van der Waals surface area contributed by atoms with Gasteiger partial charge in [0.2, 0.25) is 5.91 Å². The molecule has 0 saturated heterocycles. The average Bonchev–Trinajstić information content (AvgIpc) is 2.78. The Hall–Kier alpha value is -1.84. The van der Waals surface area contributed by atoms with Crippen LogP contribution in [0.1, 0.15) is 49.0 Å². The maximum Gasteiger partial charge on any atom is 0.251 e. The van der Waals surface area contributed by atoms with Gasteiger partial charge in [-0.2, -0.15) is 0 Å². The summed E-state index contributed by atoms with van der Waals surface area (Å²) in [6.45, 7) is 4.46. The number of benzene rings is 1. The second-order valence-electron chi connectivity index (χ2n) is 6.41. The molecule has 0 spiro atoms. The number of aryl methyl sites for hydroxylation is 1. The van der Waals surface area contributed by atoms with Crippen molar-refractivity contribution in [3.63, 3.8) is 0 Å². The van der Waals surface area contributed by atoms with Gasteiger partial charge in [0.05, 0.1) is 0 Å². The Balaban J connectivity index is 1.72. The van der Waals surface area contributed by atoms with Gasteiger partial charge >= 0.3 is 0 Å². The fourth-order valence-electron chi connectivity index (χ4n) is 3.34. The van der Waals surface area contributed by atoms with Crippen molar-refractivity contribution in [2.45, 2.75) is 45.6 Å². The largest absolute Gasteiger partial charge is 0.349 e. The van der Waals surface area contributed by atoms with Crippen molar-refractivity contribution < 1.29 is 9.59 Å². The lowest BCUT2D eigenvalue weighted by Crippen LogP contribution is -2.37. The van der Waals surface area contributed by atoms with Gasteiger partial charge in [-0.05, 0) is 54.9 Å². The zero-order valence-corrected chi connectivity index (χ0v) is 12.6. The molecule has 1 fully saturated rings. The summed E-state index contributed by atoms with van der Waals surface area (Å²) in [4.78, 5) is 23.8. The molecule has 1 heterocycles. The molecular formula is C17H22N2O2. The molecule has 1 saturated carbocycles. The maximum atomic E-state index is 12.4. The lowest BCUT2D eigenvalue weighted by atomic mass is 9.97. The molecule has 2 amide bonds. The van der Waals surface area contributed by atoms with Crippen molar-refractivity contribution in [1.29, 1.82) is 0 Å². The van der Waals surface area contributed by atoms with E-state index in [1.807, 2.05) is 12.1 Å². The van der Waals surface area contributed by atoms with E-state index in [0.29, 0.717) is 30.2 Å². The molecule has 112 valence electrons. The van der Waals surface area contributed by atoms with Crippen LogP contribution >= 0.6 is 0 Å². The van der Waals surface area contributed by atoms with Crippen molar-refractivity contribution in [2.24, 2.45) is 11.8 Å². The molecular weight excluding hydrogens is 264 g/mol. The standard InChI is InChI=1S/C17H22N2O2/c1-10-3-6-14(11(10)2)19-17(21)13-4-7-15-12(9-13)5-8-16(20)18-15/h4,7,9-11,14H,3,5-6,8H2,1-2H3,(H,18,20)(H,19,21). The predicted octanol–water partition coefficient (Wildman–Crippen LogP) is 2.74. The fourth-order valence-corrected chi connectivity index (χ4v) is 3.34.